The summed E-state index contributed by atoms with van der Waals surface area (Å²) in [5, 5.41) is 19.8. The molecule has 2 aromatic carbocycles. The number of hydrogen-bond acceptors (Lipinski definition) is 7. The molecule has 1 atom stereocenters. The lowest BCUT2D eigenvalue weighted by Gasteiger charge is -2.20. The highest BCUT2D eigenvalue weighted by Gasteiger charge is 2.34. The van der Waals surface area contributed by atoms with Crippen molar-refractivity contribution in [3.8, 4) is 11.1 Å². The number of rotatable bonds is 7. The lowest BCUT2D eigenvalue weighted by molar-refractivity contribution is -0.148. The Hall–Kier alpha value is -3.86. The maximum absolute atomic E-state index is 12.5. The zero-order chi connectivity index (χ0) is 24.4. The standard InChI is InChI=1S/C24H23N5O5S/c30-22(29-14-35-13-21(29)23(31)32)11-28-10-15(26-27-28)9-25-24(33)34-12-20-18-7-3-1-5-16(18)17-6-2-4-8-19(17)20/h1-8,10,20-21H,9,11-14H2,(H,25,33)(H,31,32)/t21-/m0/s1. The molecule has 0 spiro atoms. The van der Waals surface area contributed by atoms with Crippen LogP contribution in [-0.2, 0) is 27.4 Å². The molecule has 1 aliphatic carbocycles. The zero-order valence-corrected chi connectivity index (χ0v) is 19.5. The molecule has 0 saturated carbocycles. The van der Waals surface area contributed by atoms with Gasteiger partial charge in [0.15, 0.2) is 0 Å². The monoisotopic (exact) mass is 493 g/mol. The third kappa shape index (κ3) is 4.72. The molecule has 0 bridgehead atoms. The van der Waals surface area contributed by atoms with E-state index in [4.69, 9.17) is 4.74 Å². The summed E-state index contributed by atoms with van der Waals surface area (Å²) in [6, 6.07) is 15.4. The number of nitrogens with one attached hydrogen (secondary N) is 1. The maximum atomic E-state index is 12.5. The first-order chi connectivity index (χ1) is 17.0. The number of carbonyl (C=O) groups excluding carboxylic acids is 2. The molecule has 11 heteroatoms. The number of carbonyl (C=O) groups is 3. The molecular formula is C24H23N5O5S. The van der Waals surface area contributed by atoms with Crippen LogP contribution in [-0.4, -0.2) is 67.2 Å². The SMILES string of the molecule is O=C(NCc1cn(CC(=O)N2CSC[C@H]2C(=O)O)nn1)OCC1c2ccccc2-c2ccccc21. The van der Waals surface area contributed by atoms with E-state index < -0.39 is 18.1 Å². The van der Waals surface area contributed by atoms with E-state index in [1.807, 2.05) is 24.3 Å². The Morgan fingerprint density at radius 1 is 1.09 bits per heavy atom. The molecular weight excluding hydrogens is 470 g/mol. The van der Waals surface area contributed by atoms with E-state index in [1.54, 1.807) is 6.20 Å². The summed E-state index contributed by atoms with van der Waals surface area (Å²) < 4.78 is 6.84. The van der Waals surface area contributed by atoms with Crippen molar-refractivity contribution in [2.75, 3.05) is 18.2 Å². The first kappa shape index (κ1) is 22.9. The highest BCUT2D eigenvalue weighted by molar-refractivity contribution is 7.99. The molecule has 2 heterocycles. The van der Waals surface area contributed by atoms with Gasteiger partial charge >= 0.3 is 12.1 Å². The fourth-order valence-corrected chi connectivity index (χ4v) is 5.60. The molecule has 1 aromatic heterocycles. The van der Waals surface area contributed by atoms with Gasteiger partial charge in [-0.1, -0.05) is 53.7 Å². The van der Waals surface area contributed by atoms with Crippen LogP contribution in [0.2, 0.25) is 0 Å². The molecule has 2 aliphatic rings. The summed E-state index contributed by atoms with van der Waals surface area (Å²) in [5.74, 6) is -0.689. The molecule has 2 N–H and O–H groups in total. The van der Waals surface area contributed by atoms with E-state index in [0.29, 0.717) is 17.3 Å². The van der Waals surface area contributed by atoms with Crippen LogP contribution in [0.1, 0.15) is 22.7 Å². The predicted molar refractivity (Wildman–Crippen MR) is 128 cm³/mol. The highest BCUT2D eigenvalue weighted by atomic mass is 32.2. The molecule has 180 valence electrons. The number of nitrogens with zero attached hydrogens (tertiary/aromatic N) is 4. The lowest BCUT2D eigenvalue weighted by atomic mass is 9.98. The van der Waals surface area contributed by atoms with Crippen LogP contribution in [0.3, 0.4) is 0 Å². The summed E-state index contributed by atoms with van der Waals surface area (Å²) in [6.07, 6.45) is 0.969. The lowest BCUT2D eigenvalue weighted by Crippen LogP contribution is -2.43. The van der Waals surface area contributed by atoms with Gasteiger partial charge in [-0.3, -0.25) is 4.79 Å². The minimum Gasteiger partial charge on any atom is -0.480 e. The summed E-state index contributed by atoms with van der Waals surface area (Å²) in [6.45, 7) is 0.171. The number of amides is 2. The number of carboxylic acids is 1. The molecule has 35 heavy (non-hydrogen) atoms. The maximum Gasteiger partial charge on any atom is 0.407 e. The van der Waals surface area contributed by atoms with Crippen molar-refractivity contribution >= 4 is 29.7 Å². The van der Waals surface area contributed by atoms with Crippen LogP contribution in [0, 0.1) is 0 Å². The summed E-state index contributed by atoms with van der Waals surface area (Å²) >= 11 is 1.40. The first-order valence-corrected chi connectivity index (χ1v) is 12.2. The predicted octanol–water partition coefficient (Wildman–Crippen LogP) is 2.30. The topological polar surface area (TPSA) is 127 Å². The van der Waals surface area contributed by atoms with Crippen molar-refractivity contribution in [1.29, 1.82) is 0 Å². The van der Waals surface area contributed by atoms with E-state index >= 15 is 0 Å². The van der Waals surface area contributed by atoms with Gasteiger partial charge in [-0.2, -0.15) is 0 Å². The number of aliphatic carboxylic acids is 1. The number of hydrogen-bond donors (Lipinski definition) is 2. The smallest absolute Gasteiger partial charge is 0.407 e. The largest absolute Gasteiger partial charge is 0.480 e. The molecule has 2 amide bonds. The number of benzene rings is 2. The number of carboxylic acid groups (broad SMARTS) is 1. The average Bonchev–Trinajstić information content (AvgIpc) is 3.59. The van der Waals surface area contributed by atoms with Gasteiger partial charge in [0.25, 0.3) is 0 Å². The van der Waals surface area contributed by atoms with Crippen LogP contribution in [0.25, 0.3) is 11.1 Å². The Bertz CT molecular complexity index is 1230. The molecule has 10 nitrogen and oxygen atoms in total. The molecule has 0 radical (unpaired) electrons. The van der Waals surface area contributed by atoms with E-state index in [-0.39, 0.29) is 31.5 Å². The Morgan fingerprint density at radius 2 is 1.77 bits per heavy atom. The number of ether oxygens (including phenoxy) is 1. The van der Waals surface area contributed by atoms with Crippen molar-refractivity contribution in [1.82, 2.24) is 25.2 Å². The van der Waals surface area contributed by atoms with Gasteiger partial charge in [0.05, 0.1) is 18.6 Å². The van der Waals surface area contributed by atoms with Crippen LogP contribution < -0.4 is 5.32 Å². The molecule has 1 saturated heterocycles. The summed E-state index contributed by atoms with van der Waals surface area (Å²) in [5.41, 5.74) is 5.04. The average molecular weight is 494 g/mol. The van der Waals surface area contributed by atoms with E-state index in [2.05, 4.69) is 39.9 Å². The summed E-state index contributed by atoms with van der Waals surface area (Å²) in [7, 11) is 0. The van der Waals surface area contributed by atoms with Crippen molar-refractivity contribution in [2.45, 2.75) is 25.0 Å². The van der Waals surface area contributed by atoms with Gasteiger partial charge in [-0.05, 0) is 22.3 Å². The normalized spacial score (nSPS) is 16.6. The minimum absolute atomic E-state index is 0.0292. The quantitative estimate of drug-likeness (QED) is 0.513. The number of thioether (sulfide) groups is 1. The van der Waals surface area contributed by atoms with E-state index in [1.165, 1.54) is 21.3 Å². The second-order valence-corrected chi connectivity index (χ2v) is 9.30. The second-order valence-electron chi connectivity index (χ2n) is 8.30. The van der Waals surface area contributed by atoms with Gasteiger partial charge < -0.3 is 20.1 Å². The van der Waals surface area contributed by atoms with Gasteiger partial charge in [0.2, 0.25) is 5.91 Å². The molecule has 1 fully saturated rings. The van der Waals surface area contributed by atoms with Crippen LogP contribution in [0.4, 0.5) is 4.79 Å². The number of fused-ring (bicyclic) bond motifs is 3. The first-order valence-electron chi connectivity index (χ1n) is 11.1. The Labute approximate surface area is 205 Å². The van der Waals surface area contributed by atoms with Crippen molar-refractivity contribution in [2.24, 2.45) is 0 Å². The molecule has 5 rings (SSSR count). The van der Waals surface area contributed by atoms with Gasteiger partial charge in [-0.15, -0.1) is 16.9 Å². The highest BCUT2D eigenvalue weighted by Crippen LogP contribution is 2.44. The van der Waals surface area contributed by atoms with Crippen molar-refractivity contribution in [3.63, 3.8) is 0 Å². The van der Waals surface area contributed by atoms with Crippen molar-refractivity contribution < 1.29 is 24.2 Å². The van der Waals surface area contributed by atoms with Crippen LogP contribution in [0.5, 0.6) is 0 Å². The number of alkyl carbamates (subject to hydrolysis) is 1. The van der Waals surface area contributed by atoms with Crippen LogP contribution in [0.15, 0.2) is 54.7 Å². The Balaban J connectivity index is 1.13. The van der Waals surface area contributed by atoms with Crippen molar-refractivity contribution in [3.05, 3.63) is 71.5 Å². The van der Waals surface area contributed by atoms with E-state index in [0.717, 1.165) is 22.3 Å². The molecule has 0 unspecified atom stereocenters. The zero-order valence-electron chi connectivity index (χ0n) is 18.7. The molecule has 1 aliphatic heterocycles. The van der Waals surface area contributed by atoms with Gasteiger partial charge in [0.1, 0.15) is 24.9 Å². The molecule has 3 aromatic rings. The Morgan fingerprint density at radius 3 is 2.46 bits per heavy atom. The van der Waals surface area contributed by atoms with Gasteiger partial charge in [0, 0.05) is 11.7 Å². The van der Waals surface area contributed by atoms with Gasteiger partial charge in [-0.25, -0.2) is 14.3 Å². The van der Waals surface area contributed by atoms with E-state index in [9.17, 15) is 19.5 Å². The fraction of sp³-hybridized carbons (Fsp3) is 0.292. The minimum atomic E-state index is -1.02. The summed E-state index contributed by atoms with van der Waals surface area (Å²) in [4.78, 5) is 37.4. The second kappa shape index (κ2) is 9.79. The third-order valence-electron chi connectivity index (χ3n) is 6.13. The Kier molecular flexibility index (Phi) is 6.41. The fourth-order valence-electron chi connectivity index (χ4n) is 4.43. The third-order valence-corrected chi connectivity index (χ3v) is 7.14. The van der Waals surface area contributed by atoms with Crippen LogP contribution >= 0.6 is 11.8 Å². The number of aromatic nitrogens is 3.